The summed E-state index contributed by atoms with van der Waals surface area (Å²) in [4.78, 5) is 64.6. The summed E-state index contributed by atoms with van der Waals surface area (Å²) in [5.41, 5.74) is 1.52. The van der Waals surface area contributed by atoms with Crippen LogP contribution in [-0.4, -0.2) is 56.2 Å². The monoisotopic (exact) mass is 541 g/mol. The standard InChI is InChI=1S/C29H35NO9/c1-5-36-26(32)23(27(33)37-6-2)22(24(28(34)38-7-3)29(35)39-8-4)20-16-14-19(15-17-20)18-30-25(31)21-12-10-9-11-13-21/h9-17,22-24H,5-8,18H2,1-4H3,(H,30,31). The van der Waals surface area contributed by atoms with E-state index in [0.717, 1.165) is 0 Å². The predicted octanol–water partition coefficient (Wildman–Crippen LogP) is 3.19. The topological polar surface area (TPSA) is 134 Å². The van der Waals surface area contributed by atoms with E-state index in [4.69, 9.17) is 18.9 Å². The van der Waals surface area contributed by atoms with E-state index < -0.39 is 41.6 Å². The zero-order chi connectivity index (χ0) is 28.8. The minimum absolute atomic E-state index is 0.0367. The molecule has 0 unspecified atom stereocenters. The van der Waals surface area contributed by atoms with Gasteiger partial charge in [-0.05, 0) is 51.0 Å². The van der Waals surface area contributed by atoms with Crippen molar-refractivity contribution in [2.24, 2.45) is 11.8 Å². The van der Waals surface area contributed by atoms with E-state index in [9.17, 15) is 24.0 Å². The normalized spacial score (nSPS) is 10.7. The molecule has 0 aliphatic heterocycles. The Morgan fingerprint density at radius 2 is 1.03 bits per heavy atom. The van der Waals surface area contributed by atoms with Gasteiger partial charge in [-0.2, -0.15) is 0 Å². The van der Waals surface area contributed by atoms with E-state index in [0.29, 0.717) is 16.7 Å². The lowest BCUT2D eigenvalue weighted by Crippen LogP contribution is -2.43. The number of hydrogen-bond acceptors (Lipinski definition) is 9. The second kappa shape index (κ2) is 15.9. The molecule has 1 amide bonds. The van der Waals surface area contributed by atoms with Gasteiger partial charge in [0.2, 0.25) is 0 Å². The van der Waals surface area contributed by atoms with Crippen molar-refractivity contribution in [2.75, 3.05) is 26.4 Å². The molecule has 0 spiro atoms. The highest BCUT2D eigenvalue weighted by molar-refractivity contribution is 6.01. The van der Waals surface area contributed by atoms with Gasteiger partial charge in [0.1, 0.15) is 0 Å². The van der Waals surface area contributed by atoms with E-state index in [2.05, 4.69) is 5.32 Å². The first-order valence-electron chi connectivity index (χ1n) is 12.9. The molecule has 210 valence electrons. The summed E-state index contributed by atoms with van der Waals surface area (Å²) in [6.07, 6.45) is 0. The predicted molar refractivity (Wildman–Crippen MR) is 140 cm³/mol. The number of nitrogens with one attached hydrogen (secondary N) is 1. The molecule has 2 aromatic carbocycles. The van der Waals surface area contributed by atoms with Crippen LogP contribution < -0.4 is 5.32 Å². The number of carbonyl (C=O) groups is 5. The van der Waals surface area contributed by atoms with Crippen LogP contribution >= 0.6 is 0 Å². The summed E-state index contributed by atoms with van der Waals surface area (Å²) in [5.74, 6) is -8.67. The minimum atomic E-state index is -1.65. The lowest BCUT2D eigenvalue weighted by atomic mass is 9.76. The summed E-state index contributed by atoms with van der Waals surface area (Å²) in [7, 11) is 0. The molecular formula is C29H35NO9. The van der Waals surface area contributed by atoms with Crippen molar-refractivity contribution in [3.8, 4) is 0 Å². The van der Waals surface area contributed by atoms with Gasteiger partial charge in [0.05, 0.1) is 26.4 Å². The van der Waals surface area contributed by atoms with Crippen LogP contribution in [0.25, 0.3) is 0 Å². The second-order valence-corrected chi connectivity index (χ2v) is 8.28. The first-order valence-corrected chi connectivity index (χ1v) is 12.9. The van der Waals surface area contributed by atoms with Gasteiger partial charge in [-0.1, -0.05) is 42.5 Å². The molecule has 0 aliphatic rings. The van der Waals surface area contributed by atoms with Gasteiger partial charge in [0.15, 0.2) is 11.8 Å². The first kappa shape index (κ1) is 31.0. The van der Waals surface area contributed by atoms with Crippen molar-refractivity contribution in [3.63, 3.8) is 0 Å². The van der Waals surface area contributed by atoms with Crippen molar-refractivity contribution in [3.05, 3.63) is 71.3 Å². The third kappa shape index (κ3) is 8.66. The highest BCUT2D eigenvalue weighted by atomic mass is 16.6. The Bertz CT molecular complexity index is 1040. The number of benzene rings is 2. The van der Waals surface area contributed by atoms with Crippen LogP contribution in [0.15, 0.2) is 54.6 Å². The van der Waals surface area contributed by atoms with E-state index in [1.165, 1.54) is 0 Å². The van der Waals surface area contributed by atoms with Crippen molar-refractivity contribution < 1.29 is 42.9 Å². The van der Waals surface area contributed by atoms with Gasteiger partial charge in [0.25, 0.3) is 5.91 Å². The molecule has 1 N–H and O–H groups in total. The summed E-state index contributed by atoms with van der Waals surface area (Å²) in [6, 6.07) is 15.2. The number of carbonyl (C=O) groups excluding carboxylic acids is 5. The molecule has 0 atom stereocenters. The molecule has 0 radical (unpaired) electrons. The molecule has 0 heterocycles. The molecular weight excluding hydrogens is 506 g/mol. The highest BCUT2D eigenvalue weighted by Gasteiger charge is 2.49. The fourth-order valence-electron chi connectivity index (χ4n) is 4.02. The van der Waals surface area contributed by atoms with Gasteiger partial charge in [-0.3, -0.25) is 24.0 Å². The Morgan fingerprint density at radius 3 is 1.41 bits per heavy atom. The fourth-order valence-corrected chi connectivity index (χ4v) is 4.02. The van der Waals surface area contributed by atoms with E-state index in [-0.39, 0.29) is 38.9 Å². The van der Waals surface area contributed by atoms with Crippen LogP contribution in [0.2, 0.25) is 0 Å². The average molecular weight is 542 g/mol. The van der Waals surface area contributed by atoms with E-state index in [1.807, 2.05) is 6.07 Å². The molecule has 10 heteroatoms. The van der Waals surface area contributed by atoms with Gasteiger partial charge in [-0.25, -0.2) is 0 Å². The van der Waals surface area contributed by atoms with E-state index in [1.54, 1.807) is 76.2 Å². The highest BCUT2D eigenvalue weighted by Crippen LogP contribution is 2.36. The number of amides is 1. The Morgan fingerprint density at radius 1 is 0.615 bits per heavy atom. The molecule has 39 heavy (non-hydrogen) atoms. The summed E-state index contributed by atoms with van der Waals surface area (Å²) >= 11 is 0. The van der Waals surface area contributed by atoms with Crippen molar-refractivity contribution in [1.82, 2.24) is 5.32 Å². The van der Waals surface area contributed by atoms with Crippen molar-refractivity contribution >= 4 is 29.8 Å². The minimum Gasteiger partial charge on any atom is -0.465 e. The molecule has 0 fully saturated rings. The summed E-state index contributed by atoms with van der Waals surface area (Å²) < 4.78 is 20.6. The van der Waals surface area contributed by atoms with Gasteiger partial charge in [-0.15, -0.1) is 0 Å². The number of esters is 4. The van der Waals surface area contributed by atoms with Gasteiger partial charge >= 0.3 is 23.9 Å². The van der Waals surface area contributed by atoms with Crippen LogP contribution in [0.3, 0.4) is 0 Å². The Balaban J connectivity index is 2.50. The molecule has 2 rings (SSSR count). The van der Waals surface area contributed by atoms with Crippen LogP contribution in [0, 0.1) is 11.8 Å². The number of ether oxygens (including phenoxy) is 4. The lowest BCUT2D eigenvalue weighted by molar-refractivity contribution is -0.169. The van der Waals surface area contributed by atoms with E-state index >= 15 is 0 Å². The Labute approximate surface area is 228 Å². The number of hydrogen-bond donors (Lipinski definition) is 1. The van der Waals surface area contributed by atoms with Crippen LogP contribution in [0.1, 0.15) is 55.1 Å². The fraction of sp³-hybridized carbons (Fsp3) is 0.414. The van der Waals surface area contributed by atoms with Gasteiger partial charge < -0.3 is 24.3 Å². The maximum atomic E-state index is 13.0. The third-order valence-electron chi connectivity index (χ3n) is 5.73. The Hall–Kier alpha value is -4.21. The zero-order valence-electron chi connectivity index (χ0n) is 22.6. The number of rotatable bonds is 14. The average Bonchev–Trinajstić information content (AvgIpc) is 2.92. The summed E-state index contributed by atoms with van der Waals surface area (Å²) in [5, 5.41) is 2.81. The molecule has 2 aromatic rings. The summed E-state index contributed by atoms with van der Waals surface area (Å²) in [6.45, 7) is 6.33. The van der Waals surface area contributed by atoms with Gasteiger partial charge in [0, 0.05) is 18.0 Å². The zero-order valence-corrected chi connectivity index (χ0v) is 22.6. The van der Waals surface area contributed by atoms with Crippen LogP contribution in [0.5, 0.6) is 0 Å². The molecule has 0 aliphatic carbocycles. The van der Waals surface area contributed by atoms with Crippen molar-refractivity contribution in [1.29, 1.82) is 0 Å². The second-order valence-electron chi connectivity index (χ2n) is 8.28. The molecule has 0 bridgehead atoms. The molecule has 10 nitrogen and oxygen atoms in total. The van der Waals surface area contributed by atoms with Crippen LogP contribution in [-0.2, 0) is 44.7 Å². The Kier molecular flexibility index (Phi) is 12.6. The molecule has 0 aromatic heterocycles. The lowest BCUT2D eigenvalue weighted by Gasteiger charge is -2.29. The largest absolute Gasteiger partial charge is 0.465 e. The van der Waals surface area contributed by atoms with Crippen LogP contribution in [0.4, 0.5) is 0 Å². The first-order chi connectivity index (χ1) is 18.8. The maximum Gasteiger partial charge on any atom is 0.320 e. The maximum absolute atomic E-state index is 13.0. The SMILES string of the molecule is CCOC(=O)C(C(=O)OCC)C(c1ccc(CNC(=O)c2ccccc2)cc1)C(C(=O)OCC)C(=O)OCC. The molecule has 0 saturated heterocycles. The smallest absolute Gasteiger partial charge is 0.320 e. The third-order valence-corrected chi connectivity index (χ3v) is 5.73. The van der Waals surface area contributed by atoms with Crippen molar-refractivity contribution in [2.45, 2.75) is 40.2 Å². The molecule has 0 saturated carbocycles. The quantitative estimate of drug-likeness (QED) is 0.217.